The molecule has 1 aromatic rings. The van der Waals surface area contributed by atoms with Crippen molar-refractivity contribution in [2.45, 2.75) is 19.9 Å². The van der Waals surface area contributed by atoms with Gasteiger partial charge in [-0.25, -0.2) is 0 Å². The third-order valence-electron chi connectivity index (χ3n) is 2.91. The summed E-state index contributed by atoms with van der Waals surface area (Å²) in [6, 6.07) is 3.41. The SMILES string of the molecule is CC(CO)C(C)NC(=O)c1cc([N+](=O)[O-])ccc1Cl. The van der Waals surface area contributed by atoms with Gasteiger partial charge in [-0.05, 0) is 18.9 Å². The van der Waals surface area contributed by atoms with E-state index in [2.05, 4.69) is 5.32 Å². The number of halogens is 1. The number of nitrogens with zero attached hydrogens (tertiary/aromatic N) is 1. The molecular formula is C12H15ClN2O4. The molecule has 0 heterocycles. The summed E-state index contributed by atoms with van der Waals surface area (Å²) in [6.07, 6.45) is 0. The molecule has 2 atom stereocenters. The van der Waals surface area contributed by atoms with Gasteiger partial charge < -0.3 is 10.4 Å². The van der Waals surface area contributed by atoms with Crippen LogP contribution < -0.4 is 5.32 Å². The first kappa shape index (κ1) is 15.4. The van der Waals surface area contributed by atoms with E-state index in [4.69, 9.17) is 16.7 Å². The van der Waals surface area contributed by atoms with E-state index < -0.39 is 10.8 Å². The average molecular weight is 287 g/mol. The molecule has 0 fully saturated rings. The molecule has 0 radical (unpaired) electrons. The number of nitro groups is 1. The van der Waals surface area contributed by atoms with Crippen molar-refractivity contribution >= 4 is 23.2 Å². The summed E-state index contributed by atoms with van der Waals surface area (Å²) >= 11 is 5.86. The van der Waals surface area contributed by atoms with E-state index in [9.17, 15) is 14.9 Å². The molecule has 0 spiro atoms. The molecule has 0 aliphatic carbocycles. The van der Waals surface area contributed by atoms with Crippen LogP contribution >= 0.6 is 11.6 Å². The maximum absolute atomic E-state index is 12.0. The van der Waals surface area contributed by atoms with Crippen LogP contribution in [0.15, 0.2) is 18.2 Å². The second-order valence-electron chi connectivity index (χ2n) is 4.34. The fraction of sp³-hybridized carbons (Fsp3) is 0.417. The zero-order valence-corrected chi connectivity index (χ0v) is 11.3. The van der Waals surface area contributed by atoms with Gasteiger partial charge in [0.15, 0.2) is 0 Å². The molecule has 0 bridgehead atoms. The van der Waals surface area contributed by atoms with E-state index in [1.807, 2.05) is 0 Å². The summed E-state index contributed by atoms with van der Waals surface area (Å²) in [5.41, 5.74) is -0.148. The number of aliphatic hydroxyl groups is 1. The smallest absolute Gasteiger partial charge is 0.270 e. The first-order valence-electron chi connectivity index (χ1n) is 5.72. The van der Waals surface area contributed by atoms with Crippen molar-refractivity contribution in [2.75, 3.05) is 6.61 Å². The third kappa shape index (κ3) is 3.90. The number of benzene rings is 1. The van der Waals surface area contributed by atoms with Crippen molar-refractivity contribution in [1.29, 1.82) is 0 Å². The van der Waals surface area contributed by atoms with Gasteiger partial charge in [0.1, 0.15) is 0 Å². The van der Waals surface area contributed by atoms with Crippen molar-refractivity contribution in [2.24, 2.45) is 5.92 Å². The number of hydrogen-bond donors (Lipinski definition) is 2. The number of nitrogens with one attached hydrogen (secondary N) is 1. The highest BCUT2D eigenvalue weighted by Crippen LogP contribution is 2.22. The molecule has 6 nitrogen and oxygen atoms in total. The number of amides is 1. The van der Waals surface area contributed by atoms with Crippen LogP contribution in [0.2, 0.25) is 5.02 Å². The van der Waals surface area contributed by atoms with E-state index in [0.29, 0.717) is 0 Å². The van der Waals surface area contributed by atoms with Crippen molar-refractivity contribution < 1.29 is 14.8 Å². The van der Waals surface area contributed by atoms with Gasteiger partial charge in [0.05, 0.1) is 15.5 Å². The van der Waals surface area contributed by atoms with E-state index in [0.717, 1.165) is 6.07 Å². The van der Waals surface area contributed by atoms with E-state index >= 15 is 0 Å². The fourth-order valence-electron chi connectivity index (χ4n) is 1.39. The van der Waals surface area contributed by atoms with Gasteiger partial charge in [0, 0.05) is 24.8 Å². The molecule has 1 amide bonds. The molecule has 1 rings (SSSR count). The lowest BCUT2D eigenvalue weighted by atomic mass is 10.0. The highest BCUT2D eigenvalue weighted by Gasteiger charge is 2.19. The zero-order chi connectivity index (χ0) is 14.6. The molecule has 104 valence electrons. The Morgan fingerprint density at radius 2 is 2.16 bits per heavy atom. The quantitative estimate of drug-likeness (QED) is 0.639. The van der Waals surface area contributed by atoms with Gasteiger partial charge in [-0.2, -0.15) is 0 Å². The minimum Gasteiger partial charge on any atom is -0.396 e. The van der Waals surface area contributed by atoms with Gasteiger partial charge in [-0.1, -0.05) is 18.5 Å². The first-order chi connectivity index (χ1) is 8.86. The molecule has 0 aliphatic heterocycles. The molecular weight excluding hydrogens is 272 g/mol. The van der Waals surface area contributed by atoms with Crippen molar-refractivity contribution in [3.8, 4) is 0 Å². The Bertz CT molecular complexity index is 493. The van der Waals surface area contributed by atoms with Crippen LogP contribution in [0, 0.1) is 16.0 Å². The van der Waals surface area contributed by atoms with Gasteiger partial charge >= 0.3 is 0 Å². The average Bonchev–Trinajstić information content (AvgIpc) is 2.37. The maximum Gasteiger partial charge on any atom is 0.270 e. The Kier molecular flexibility index (Phi) is 5.26. The van der Waals surface area contributed by atoms with Crippen LogP contribution in [0.1, 0.15) is 24.2 Å². The molecule has 7 heteroatoms. The number of nitro benzene ring substituents is 1. The van der Waals surface area contributed by atoms with E-state index in [-0.39, 0.29) is 34.8 Å². The largest absolute Gasteiger partial charge is 0.396 e. The molecule has 19 heavy (non-hydrogen) atoms. The monoisotopic (exact) mass is 286 g/mol. The van der Waals surface area contributed by atoms with Crippen molar-refractivity contribution in [3.63, 3.8) is 0 Å². The van der Waals surface area contributed by atoms with E-state index in [1.165, 1.54) is 12.1 Å². The maximum atomic E-state index is 12.0. The molecule has 0 aromatic heterocycles. The molecule has 0 saturated carbocycles. The highest BCUT2D eigenvalue weighted by atomic mass is 35.5. The number of carbonyl (C=O) groups excluding carboxylic acids is 1. The predicted molar refractivity (Wildman–Crippen MR) is 71.3 cm³/mol. The Morgan fingerprint density at radius 3 is 2.68 bits per heavy atom. The third-order valence-corrected chi connectivity index (χ3v) is 3.24. The summed E-state index contributed by atoms with van der Waals surface area (Å²) in [5, 5.41) is 22.4. The van der Waals surface area contributed by atoms with Crippen molar-refractivity contribution in [3.05, 3.63) is 38.9 Å². The topological polar surface area (TPSA) is 92.5 Å². The lowest BCUT2D eigenvalue weighted by Gasteiger charge is -2.19. The highest BCUT2D eigenvalue weighted by molar-refractivity contribution is 6.33. The Balaban J connectivity index is 2.93. The second kappa shape index (κ2) is 6.49. The summed E-state index contributed by atoms with van der Waals surface area (Å²) in [4.78, 5) is 22.0. The molecule has 2 N–H and O–H groups in total. The summed E-state index contributed by atoms with van der Waals surface area (Å²) in [5.74, 6) is -0.622. The van der Waals surface area contributed by atoms with Crippen molar-refractivity contribution in [1.82, 2.24) is 5.32 Å². The van der Waals surface area contributed by atoms with Gasteiger partial charge in [-0.15, -0.1) is 0 Å². The standard InChI is InChI=1S/C12H15ClN2O4/c1-7(6-16)8(2)14-12(17)10-5-9(15(18)19)3-4-11(10)13/h3-5,7-8,16H,6H2,1-2H3,(H,14,17). The number of hydrogen-bond acceptors (Lipinski definition) is 4. The van der Waals surface area contributed by atoms with Crippen LogP contribution in [0.3, 0.4) is 0 Å². The molecule has 0 saturated heterocycles. The number of rotatable bonds is 5. The van der Waals surface area contributed by atoms with Crippen LogP contribution in [0.25, 0.3) is 0 Å². The molecule has 1 aromatic carbocycles. The van der Waals surface area contributed by atoms with Crippen LogP contribution in [0.5, 0.6) is 0 Å². The number of aliphatic hydroxyl groups excluding tert-OH is 1. The van der Waals surface area contributed by atoms with Crippen LogP contribution in [0.4, 0.5) is 5.69 Å². The summed E-state index contributed by atoms with van der Waals surface area (Å²) in [6.45, 7) is 3.45. The first-order valence-corrected chi connectivity index (χ1v) is 6.10. The molecule has 0 aliphatic rings. The summed E-state index contributed by atoms with van der Waals surface area (Å²) in [7, 11) is 0. The Labute approximate surface area is 115 Å². The predicted octanol–water partition coefficient (Wildman–Crippen LogP) is 1.99. The lowest BCUT2D eigenvalue weighted by molar-refractivity contribution is -0.384. The van der Waals surface area contributed by atoms with Crippen LogP contribution in [-0.2, 0) is 0 Å². The summed E-state index contributed by atoms with van der Waals surface area (Å²) < 4.78 is 0. The minimum absolute atomic E-state index is 0.0489. The second-order valence-corrected chi connectivity index (χ2v) is 4.75. The van der Waals surface area contributed by atoms with E-state index in [1.54, 1.807) is 13.8 Å². The normalized spacial score (nSPS) is 13.7. The van der Waals surface area contributed by atoms with Crippen LogP contribution in [-0.4, -0.2) is 28.6 Å². The fourth-order valence-corrected chi connectivity index (χ4v) is 1.59. The van der Waals surface area contributed by atoms with Gasteiger partial charge in [0.2, 0.25) is 0 Å². The van der Waals surface area contributed by atoms with Gasteiger partial charge in [-0.3, -0.25) is 14.9 Å². The Hall–Kier alpha value is -1.66. The zero-order valence-electron chi connectivity index (χ0n) is 10.6. The number of non-ortho nitro benzene ring substituents is 1. The minimum atomic E-state index is -0.590. The molecule has 2 unspecified atom stereocenters. The lowest BCUT2D eigenvalue weighted by Crippen LogP contribution is -2.38. The Morgan fingerprint density at radius 1 is 1.53 bits per heavy atom. The van der Waals surface area contributed by atoms with Gasteiger partial charge in [0.25, 0.3) is 11.6 Å². The number of carbonyl (C=O) groups is 1.